The van der Waals surface area contributed by atoms with Gasteiger partial charge in [-0.15, -0.1) is 0 Å². The van der Waals surface area contributed by atoms with Gasteiger partial charge in [-0.25, -0.2) is 0 Å². The van der Waals surface area contributed by atoms with Crippen molar-refractivity contribution in [3.05, 3.63) is 0 Å². The minimum Gasteiger partial charge on any atom is -0.481 e. The Morgan fingerprint density at radius 1 is 0.800 bits per heavy atom. The molecule has 144 valence electrons. The van der Waals surface area contributed by atoms with Gasteiger partial charge in [0, 0.05) is 39.9 Å². The van der Waals surface area contributed by atoms with Crippen molar-refractivity contribution in [2.24, 2.45) is 5.92 Å². The van der Waals surface area contributed by atoms with E-state index in [9.17, 15) is 19.2 Å². The third-order valence-corrected chi connectivity index (χ3v) is 3.70. The van der Waals surface area contributed by atoms with Gasteiger partial charge >= 0.3 is 5.97 Å². The van der Waals surface area contributed by atoms with E-state index >= 15 is 0 Å². The lowest BCUT2D eigenvalue weighted by molar-refractivity contribution is -0.142. The number of amides is 3. The standard InChI is InChI=1S/C17H31N3O5/c1-13(21)18-10-6-3-4-9-16(23)19-11-7-5-8-15(17(24)25)12-20-14(2)22/h15H,3-12H2,1-2H3,(H,18,21)(H,19,23)(H,20,22)(H,24,25)/t15-/m1/s1. The summed E-state index contributed by atoms with van der Waals surface area (Å²) >= 11 is 0. The summed E-state index contributed by atoms with van der Waals surface area (Å²) in [5, 5.41) is 17.1. The van der Waals surface area contributed by atoms with Crippen LogP contribution < -0.4 is 16.0 Å². The van der Waals surface area contributed by atoms with Crippen molar-refractivity contribution >= 4 is 23.7 Å². The second-order valence-corrected chi connectivity index (χ2v) is 6.11. The number of unbranched alkanes of at least 4 members (excludes halogenated alkanes) is 3. The van der Waals surface area contributed by atoms with E-state index < -0.39 is 11.9 Å². The van der Waals surface area contributed by atoms with E-state index in [2.05, 4.69) is 16.0 Å². The maximum absolute atomic E-state index is 11.6. The first-order valence-electron chi connectivity index (χ1n) is 8.81. The molecule has 0 saturated carbocycles. The van der Waals surface area contributed by atoms with Crippen LogP contribution in [0.15, 0.2) is 0 Å². The van der Waals surface area contributed by atoms with Crippen molar-refractivity contribution in [2.75, 3.05) is 19.6 Å². The molecule has 0 aliphatic carbocycles. The fourth-order valence-electron chi connectivity index (χ4n) is 2.26. The lowest BCUT2D eigenvalue weighted by atomic mass is 10.0. The molecule has 0 fully saturated rings. The van der Waals surface area contributed by atoms with Crippen molar-refractivity contribution in [1.82, 2.24) is 16.0 Å². The van der Waals surface area contributed by atoms with Gasteiger partial charge in [0.25, 0.3) is 0 Å². The third-order valence-electron chi connectivity index (χ3n) is 3.70. The summed E-state index contributed by atoms with van der Waals surface area (Å²) in [4.78, 5) is 44.2. The van der Waals surface area contributed by atoms with E-state index in [4.69, 9.17) is 5.11 Å². The molecule has 8 nitrogen and oxygen atoms in total. The Kier molecular flexibility index (Phi) is 13.0. The van der Waals surface area contributed by atoms with Gasteiger partial charge in [0.2, 0.25) is 17.7 Å². The SMILES string of the molecule is CC(=O)NCCCCCC(=O)NCCCC[C@H](CNC(C)=O)C(=O)O. The highest BCUT2D eigenvalue weighted by Gasteiger charge is 2.17. The number of carboxylic acids is 1. The Morgan fingerprint density at radius 3 is 2.00 bits per heavy atom. The maximum atomic E-state index is 11.6. The molecular formula is C17H31N3O5. The number of carbonyl (C=O) groups excluding carboxylic acids is 3. The quantitative estimate of drug-likeness (QED) is 0.342. The Hall–Kier alpha value is -2.12. The molecule has 0 spiro atoms. The zero-order valence-electron chi connectivity index (χ0n) is 15.2. The Bertz CT molecular complexity index is 440. The van der Waals surface area contributed by atoms with E-state index in [1.807, 2.05) is 0 Å². The van der Waals surface area contributed by atoms with Crippen LogP contribution >= 0.6 is 0 Å². The third kappa shape index (κ3) is 15.2. The molecular weight excluding hydrogens is 326 g/mol. The van der Waals surface area contributed by atoms with Gasteiger partial charge < -0.3 is 21.1 Å². The summed E-state index contributed by atoms with van der Waals surface area (Å²) < 4.78 is 0. The molecule has 0 aliphatic heterocycles. The molecule has 0 saturated heterocycles. The molecule has 8 heteroatoms. The van der Waals surface area contributed by atoms with Crippen molar-refractivity contribution < 1.29 is 24.3 Å². The lowest BCUT2D eigenvalue weighted by Crippen LogP contribution is -2.31. The van der Waals surface area contributed by atoms with Crippen molar-refractivity contribution in [2.45, 2.75) is 58.8 Å². The topological polar surface area (TPSA) is 125 Å². The zero-order valence-corrected chi connectivity index (χ0v) is 15.2. The highest BCUT2D eigenvalue weighted by atomic mass is 16.4. The summed E-state index contributed by atoms with van der Waals surface area (Å²) in [5.41, 5.74) is 0. The summed E-state index contributed by atoms with van der Waals surface area (Å²) in [6, 6.07) is 0. The van der Waals surface area contributed by atoms with E-state index in [0.29, 0.717) is 38.8 Å². The van der Waals surface area contributed by atoms with Crippen LogP contribution in [0, 0.1) is 5.92 Å². The Labute approximate surface area is 149 Å². The minimum atomic E-state index is -0.919. The highest BCUT2D eigenvalue weighted by molar-refractivity contribution is 5.76. The second-order valence-electron chi connectivity index (χ2n) is 6.11. The smallest absolute Gasteiger partial charge is 0.308 e. The summed E-state index contributed by atoms with van der Waals surface area (Å²) in [6.07, 6.45) is 4.83. The number of carboxylic acid groups (broad SMARTS) is 1. The summed E-state index contributed by atoms with van der Waals surface area (Å²) in [5.74, 6) is -1.80. The first kappa shape index (κ1) is 22.9. The van der Waals surface area contributed by atoms with Gasteiger partial charge in [0.1, 0.15) is 0 Å². The number of carbonyl (C=O) groups is 4. The lowest BCUT2D eigenvalue weighted by Gasteiger charge is -2.12. The van der Waals surface area contributed by atoms with Crippen LogP contribution in [0.2, 0.25) is 0 Å². The number of nitrogens with one attached hydrogen (secondary N) is 3. The number of rotatable bonds is 14. The first-order valence-corrected chi connectivity index (χ1v) is 8.81. The van der Waals surface area contributed by atoms with E-state index in [1.54, 1.807) is 0 Å². The van der Waals surface area contributed by atoms with Crippen molar-refractivity contribution in [3.63, 3.8) is 0 Å². The first-order chi connectivity index (χ1) is 11.8. The normalized spacial score (nSPS) is 11.4. The van der Waals surface area contributed by atoms with Gasteiger partial charge in [-0.1, -0.05) is 12.8 Å². The van der Waals surface area contributed by atoms with Crippen molar-refractivity contribution in [1.29, 1.82) is 0 Å². The van der Waals surface area contributed by atoms with E-state index in [0.717, 1.165) is 19.3 Å². The zero-order chi connectivity index (χ0) is 19.1. The van der Waals surface area contributed by atoms with Crippen LogP contribution in [0.5, 0.6) is 0 Å². The average molecular weight is 357 g/mol. The fourth-order valence-corrected chi connectivity index (χ4v) is 2.26. The molecule has 0 aromatic heterocycles. The van der Waals surface area contributed by atoms with Gasteiger partial charge in [0.05, 0.1) is 5.92 Å². The van der Waals surface area contributed by atoms with Gasteiger partial charge in [-0.3, -0.25) is 19.2 Å². The molecule has 3 amide bonds. The van der Waals surface area contributed by atoms with Crippen LogP contribution in [0.1, 0.15) is 58.8 Å². The largest absolute Gasteiger partial charge is 0.481 e. The van der Waals surface area contributed by atoms with Crippen LogP contribution in [0.3, 0.4) is 0 Å². The highest BCUT2D eigenvalue weighted by Crippen LogP contribution is 2.08. The predicted octanol–water partition coefficient (Wildman–Crippen LogP) is 0.806. The molecule has 0 aromatic rings. The van der Waals surface area contributed by atoms with Gasteiger partial charge in [0.15, 0.2) is 0 Å². The molecule has 0 radical (unpaired) electrons. The Balaban J connectivity index is 3.62. The molecule has 0 heterocycles. The summed E-state index contributed by atoms with van der Waals surface area (Å²) in [6.45, 7) is 4.13. The number of hydrogen-bond acceptors (Lipinski definition) is 4. The minimum absolute atomic E-state index is 0.00689. The van der Waals surface area contributed by atoms with Crippen LogP contribution in [-0.2, 0) is 19.2 Å². The van der Waals surface area contributed by atoms with Crippen LogP contribution in [-0.4, -0.2) is 48.4 Å². The Morgan fingerprint density at radius 2 is 1.40 bits per heavy atom. The molecule has 0 unspecified atom stereocenters. The number of aliphatic carboxylic acids is 1. The average Bonchev–Trinajstić information content (AvgIpc) is 2.52. The van der Waals surface area contributed by atoms with Crippen LogP contribution in [0.4, 0.5) is 0 Å². The van der Waals surface area contributed by atoms with Crippen molar-refractivity contribution in [3.8, 4) is 0 Å². The van der Waals surface area contributed by atoms with E-state index in [1.165, 1.54) is 13.8 Å². The maximum Gasteiger partial charge on any atom is 0.308 e. The van der Waals surface area contributed by atoms with Gasteiger partial charge in [-0.05, 0) is 25.7 Å². The molecule has 0 aromatic carbocycles. The second kappa shape index (κ2) is 14.2. The molecule has 1 atom stereocenters. The molecule has 0 aliphatic rings. The van der Waals surface area contributed by atoms with Crippen LogP contribution in [0.25, 0.3) is 0 Å². The summed E-state index contributed by atoms with van der Waals surface area (Å²) in [7, 11) is 0. The molecule has 4 N–H and O–H groups in total. The fraction of sp³-hybridized carbons (Fsp3) is 0.765. The number of hydrogen-bond donors (Lipinski definition) is 4. The van der Waals surface area contributed by atoms with E-state index in [-0.39, 0.29) is 24.3 Å². The predicted molar refractivity (Wildman–Crippen MR) is 93.8 cm³/mol. The monoisotopic (exact) mass is 357 g/mol. The van der Waals surface area contributed by atoms with Gasteiger partial charge in [-0.2, -0.15) is 0 Å². The molecule has 0 bridgehead atoms. The molecule has 0 rings (SSSR count). The molecule has 25 heavy (non-hydrogen) atoms.